The van der Waals surface area contributed by atoms with E-state index < -0.39 is 6.10 Å². The van der Waals surface area contributed by atoms with Crippen molar-refractivity contribution in [1.82, 2.24) is 5.32 Å². The van der Waals surface area contributed by atoms with Crippen LogP contribution in [0.2, 0.25) is 0 Å². The van der Waals surface area contributed by atoms with Gasteiger partial charge in [0, 0.05) is 19.5 Å². The van der Waals surface area contributed by atoms with E-state index in [-0.39, 0.29) is 6.10 Å². The van der Waals surface area contributed by atoms with E-state index in [2.05, 4.69) is 5.32 Å². The van der Waals surface area contributed by atoms with Gasteiger partial charge in [-0.05, 0) is 30.2 Å². The van der Waals surface area contributed by atoms with Crippen molar-refractivity contribution in [2.24, 2.45) is 0 Å². The minimum absolute atomic E-state index is 0.178. The average molecular weight is 251 g/mol. The molecule has 0 aliphatic carbocycles. The number of aliphatic hydroxyl groups excluding tert-OH is 1. The summed E-state index contributed by atoms with van der Waals surface area (Å²) in [5.41, 5.74) is 2.00. The molecule has 0 aromatic heterocycles. The fourth-order valence-corrected chi connectivity index (χ4v) is 2.21. The summed E-state index contributed by atoms with van der Waals surface area (Å²) in [6.45, 7) is 4.30. The van der Waals surface area contributed by atoms with Crippen LogP contribution >= 0.6 is 0 Å². The molecule has 4 nitrogen and oxygen atoms in total. The molecule has 18 heavy (non-hydrogen) atoms. The van der Waals surface area contributed by atoms with Crippen LogP contribution in [0.15, 0.2) is 18.2 Å². The SMILES string of the molecule is COc1ccc(C(C)O)cc1CC1CNCCO1. The summed E-state index contributed by atoms with van der Waals surface area (Å²) < 4.78 is 11.1. The highest BCUT2D eigenvalue weighted by Gasteiger charge is 2.17. The van der Waals surface area contributed by atoms with Crippen molar-refractivity contribution in [1.29, 1.82) is 0 Å². The van der Waals surface area contributed by atoms with Gasteiger partial charge in [0.2, 0.25) is 0 Å². The summed E-state index contributed by atoms with van der Waals surface area (Å²) in [6.07, 6.45) is 0.522. The molecule has 0 amide bonds. The number of hydrogen-bond acceptors (Lipinski definition) is 4. The van der Waals surface area contributed by atoms with Crippen LogP contribution in [0, 0.1) is 0 Å². The molecular formula is C14H21NO3. The van der Waals surface area contributed by atoms with Gasteiger partial charge in [0.25, 0.3) is 0 Å². The molecule has 100 valence electrons. The smallest absolute Gasteiger partial charge is 0.122 e. The molecule has 0 bridgehead atoms. The van der Waals surface area contributed by atoms with E-state index in [1.54, 1.807) is 14.0 Å². The monoisotopic (exact) mass is 251 g/mol. The molecule has 1 aliphatic rings. The van der Waals surface area contributed by atoms with Crippen molar-refractivity contribution in [3.8, 4) is 5.75 Å². The second kappa shape index (κ2) is 6.18. The maximum Gasteiger partial charge on any atom is 0.122 e. The van der Waals surface area contributed by atoms with Crippen molar-refractivity contribution >= 4 is 0 Å². The highest BCUT2D eigenvalue weighted by Crippen LogP contribution is 2.25. The summed E-state index contributed by atoms with van der Waals surface area (Å²) in [7, 11) is 1.67. The molecule has 1 fully saturated rings. The molecule has 2 unspecified atom stereocenters. The first-order chi connectivity index (χ1) is 8.70. The van der Waals surface area contributed by atoms with Gasteiger partial charge in [-0.3, -0.25) is 0 Å². The summed E-state index contributed by atoms with van der Waals surface area (Å²) in [4.78, 5) is 0. The van der Waals surface area contributed by atoms with Crippen molar-refractivity contribution in [2.75, 3.05) is 26.8 Å². The Bertz CT molecular complexity index is 387. The largest absolute Gasteiger partial charge is 0.496 e. The van der Waals surface area contributed by atoms with E-state index in [1.165, 1.54) is 0 Å². The van der Waals surface area contributed by atoms with Gasteiger partial charge in [0.1, 0.15) is 5.75 Å². The highest BCUT2D eigenvalue weighted by atomic mass is 16.5. The van der Waals surface area contributed by atoms with Crippen molar-refractivity contribution in [2.45, 2.75) is 25.6 Å². The molecular weight excluding hydrogens is 230 g/mol. The summed E-state index contributed by atoms with van der Waals surface area (Å²) in [6, 6.07) is 5.81. The topological polar surface area (TPSA) is 50.7 Å². The molecule has 0 spiro atoms. The molecule has 1 heterocycles. The van der Waals surface area contributed by atoms with E-state index in [9.17, 15) is 5.11 Å². The van der Waals surface area contributed by atoms with Gasteiger partial charge >= 0.3 is 0 Å². The number of morpholine rings is 1. The lowest BCUT2D eigenvalue weighted by molar-refractivity contribution is 0.0289. The number of benzene rings is 1. The Hall–Kier alpha value is -1.10. The second-order valence-corrected chi connectivity index (χ2v) is 4.65. The van der Waals surface area contributed by atoms with Crippen LogP contribution < -0.4 is 10.1 Å². The maximum atomic E-state index is 9.63. The molecule has 2 N–H and O–H groups in total. The summed E-state index contributed by atoms with van der Waals surface area (Å²) >= 11 is 0. The lowest BCUT2D eigenvalue weighted by Gasteiger charge is -2.24. The van der Waals surface area contributed by atoms with Gasteiger partial charge in [-0.2, -0.15) is 0 Å². The Morgan fingerprint density at radius 1 is 1.56 bits per heavy atom. The quantitative estimate of drug-likeness (QED) is 0.846. The summed E-state index contributed by atoms with van der Waals surface area (Å²) in [5, 5.41) is 12.9. The van der Waals surface area contributed by atoms with Gasteiger partial charge in [-0.25, -0.2) is 0 Å². The van der Waals surface area contributed by atoms with Crippen LogP contribution in [0.5, 0.6) is 5.75 Å². The fourth-order valence-electron chi connectivity index (χ4n) is 2.21. The number of rotatable bonds is 4. The van der Waals surface area contributed by atoms with Gasteiger partial charge in [-0.1, -0.05) is 6.07 Å². The first-order valence-corrected chi connectivity index (χ1v) is 6.38. The Kier molecular flexibility index (Phi) is 4.58. The van der Waals surface area contributed by atoms with E-state index in [4.69, 9.17) is 9.47 Å². The van der Waals surface area contributed by atoms with Crippen molar-refractivity contribution in [3.63, 3.8) is 0 Å². The fraction of sp³-hybridized carbons (Fsp3) is 0.571. The lowest BCUT2D eigenvalue weighted by Crippen LogP contribution is -2.39. The maximum absolute atomic E-state index is 9.63. The molecule has 2 rings (SSSR count). The molecule has 4 heteroatoms. The molecule has 1 aromatic rings. The van der Waals surface area contributed by atoms with Gasteiger partial charge in [0.15, 0.2) is 0 Å². The average Bonchev–Trinajstić information content (AvgIpc) is 2.39. The van der Waals surface area contributed by atoms with Crippen LogP contribution in [0.1, 0.15) is 24.2 Å². The third-order valence-electron chi connectivity index (χ3n) is 3.24. The zero-order chi connectivity index (χ0) is 13.0. The lowest BCUT2D eigenvalue weighted by atomic mass is 10.0. The molecule has 0 radical (unpaired) electrons. The molecule has 0 saturated carbocycles. The Labute approximate surface area is 108 Å². The van der Waals surface area contributed by atoms with Crippen LogP contribution in [0.4, 0.5) is 0 Å². The molecule has 1 saturated heterocycles. The third kappa shape index (κ3) is 3.22. The number of methoxy groups -OCH3 is 1. The van der Waals surface area contributed by atoms with Gasteiger partial charge in [-0.15, -0.1) is 0 Å². The van der Waals surface area contributed by atoms with E-state index in [1.807, 2.05) is 18.2 Å². The van der Waals surface area contributed by atoms with Crippen molar-refractivity contribution < 1.29 is 14.6 Å². The first kappa shape index (κ1) is 13.3. The number of aliphatic hydroxyl groups is 1. The number of hydrogen-bond donors (Lipinski definition) is 2. The molecule has 2 atom stereocenters. The zero-order valence-electron chi connectivity index (χ0n) is 11.0. The van der Waals surface area contributed by atoms with Gasteiger partial charge in [0.05, 0.1) is 25.9 Å². The second-order valence-electron chi connectivity index (χ2n) is 4.65. The Morgan fingerprint density at radius 2 is 2.39 bits per heavy atom. The third-order valence-corrected chi connectivity index (χ3v) is 3.24. The molecule has 1 aromatic carbocycles. The minimum atomic E-state index is -0.458. The van der Waals surface area contributed by atoms with E-state index in [0.717, 1.165) is 43.0 Å². The van der Waals surface area contributed by atoms with Crippen LogP contribution in [0.3, 0.4) is 0 Å². The predicted molar refractivity (Wildman–Crippen MR) is 69.9 cm³/mol. The highest BCUT2D eigenvalue weighted by molar-refractivity contribution is 5.38. The molecule has 1 aliphatic heterocycles. The summed E-state index contributed by atoms with van der Waals surface area (Å²) in [5.74, 6) is 0.855. The van der Waals surface area contributed by atoms with Crippen LogP contribution in [-0.4, -0.2) is 38.0 Å². The van der Waals surface area contributed by atoms with E-state index in [0.29, 0.717) is 0 Å². The van der Waals surface area contributed by atoms with Gasteiger partial charge < -0.3 is 19.9 Å². The van der Waals surface area contributed by atoms with Crippen LogP contribution in [-0.2, 0) is 11.2 Å². The number of ether oxygens (including phenoxy) is 2. The van der Waals surface area contributed by atoms with Crippen molar-refractivity contribution in [3.05, 3.63) is 29.3 Å². The first-order valence-electron chi connectivity index (χ1n) is 6.38. The number of nitrogens with one attached hydrogen (secondary N) is 1. The zero-order valence-corrected chi connectivity index (χ0v) is 11.0. The Balaban J connectivity index is 2.15. The normalized spacial score (nSPS) is 21.6. The predicted octanol–water partition coefficient (Wildman–Crippen LogP) is 1.28. The van der Waals surface area contributed by atoms with E-state index >= 15 is 0 Å². The Morgan fingerprint density at radius 3 is 3.00 bits per heavy atom. The standard InChI is InChI=1S/C14H21NO3/c1-10(16)11-3-4-14(17-2)12(7-11)8-13-9-15-5-6-18-13/h3-4,7,10,13,15-16H,5-6,8-9H2,1-2H3. The van der Waals surface area contributed by atoms with Crippen LogP contribution in [0.25, 0.3) is 0 Å². The minimum Gasteiger partial charge on any atom is -0.496 e.